The molecule has 2 N–H and O–H groups in total. The van der Waals surface area contributed by atoms with Crippen LogP contribution in [0, 0.1) is 0 Å². The van der Waals surface area contributed by atoms with Gasteiger partial charge in [-0.3, -0.25) is 0 Å². The van der Waals surface area contributed by atoms with E-state index in [1.165, 1.54) is 0 Å². The second-order valence-electron chi connectivity index (χ2n) is 0.283. The summed E-state index contributed by atoms with van der Waals surface area (Å²) < 4.78 is 0. The Morgan fingerprint density at radius 3 is 1.33 bits per heavy atom. The standard InChI is InChI=1S/CH2O3.Li.Mn/c2-1(3)4;;/h(H2,2,3,4);;. The van der Waals surface area contributed by atoms with Gasteiger partial charge in [0.25, 0.3) is 0 Å². The van der Waals surface area contributed by atoms with Crippen LogP contribution in [0.25, 0.3) is 0 Å². The predicted octanol–water partition coefficient (Wildman–Crippen LogP) is -0.161. The Hall–Kier alpha value is 0.387. The van der Waals surface area contributed by atoms with Crippen LogP contribution in [0.3, 0.4) is 0 Å². The van der Waals surface area contributed by atoms with Crippen LogP contribution in [0.1, 0.15) is 0 Å². The van der Waals surface area contributed by atoms with Gasteiger partial charge in [0.1, 0.15) is 0 Å². The summed E-state index contributed by atoms with van der Waals surface area (Å²) >= 11 is 0. The van der Waals surface area contributed by atoms with Gasteiger partial charge < -0.3 is 10.2 Å². The molecule has 0 unspecified atom stereocenters. The number of carbonyl (C=O) groups is 1. The Morgan fingerprint density at radius 2 is 1.33 bits per heavy atom. The zero-order valence-corrected chi connectivity index (χ0v) is 4.36. The first-order chi connectivity index (χ1) is 1.73. The molecule has 0 saturated heterocycles. The van der Waals surface area contributed by atoms with Crippen molar-refractivity contribution >= 4 is 25.0 Å². The molecule has 0 heterocycles. The van der Waals surface area contributed by atoms with Gasteiger partial charge in [-0.1, -0.05) is 0 Å². The van der Waals surface area contributed by atoms with Crippen molar-refractivity contribution in [1.29, 1.82) is 0 Å². The van der Waals surface area contributed by atoms with E-state index in [4.69, 9.17) is 15.0 Å². The molecule has 5 heteroatoms. The number of carboxylic acid groups (broad SMARTS) is 2. The first-order valence-electron chi connectivity index (χ1n) is 0.651. The summed E-state index contributed by atoms with van der Waals surface area (Å²) in [6.45, 7) is 0. The molecule has 0 fully saturated rings. The van der Waals surface area contributed by atoms with E-state index in [1.807, 2.05) is 0 Å². The van der Waals surface area contributed by atoms with Crippen LogP contribution in [0.15, 0.2) is 0 Å². The second kappa shape index (κ2) is 9.04. The van der Waals surface area contributed by atoms with E-state index in [0.29, 0.717) is 0 Å². The van der Waals surface area contributed by atoms with E-state index >= 15 is 0 Å². The summed E-state index contributed by atoms with van der Waals surface area (Å²) in [5.74, 6) is 0. The van der Waals surface area contributed by atoms with Gasteiger partial charge in [0, 0.05) is 35.9 Å². The minimum Gasteiger partial charge on any atom is -0.450 e. The van der Waals surface area contributed by atoms with Gasteiger partial charge in [-0.05, 0) is 0 Å². The SMILES string of the molecule is O=C(O)O.[Li].[Mn]. The van der Waals surface area contributed by atoms with Gasteiger partial charge in [0.05, 0.1) is 0 Å². The third kappa shape index (κ3) is 336. The Labute approximate surface area is 57.4 Å². The molecule has 2 radical (unpaired) electrons. The molecular weight excluding hydrogens is 122 g/mol. The zero-order chi connectivity index (χ0) is 3.58. The quantitative estimate of drug-likeness (QED) is 0.441. The van der Waals surface area contributed by atoms with Gasteiger partial charge in [0.2, 0.25) is 0 Å². The van der Waals surface area contributed by atoms with Crippen LogP contribution in [-0.2, 0) is 17.1 Å². The first-order valence-corrected chi connectivity index (χ1v) is 0.651. The molecule has 0 spiro atoms. The second-order valence-corrected chi connectivity index (χ2v) is 0.283. The Kier molecular flexibility index (Phi) is 24.3. The van der Waals surface area contributed by atoms with Crippen molar-refractivity contribution in [2.75, 3.05) is 0 Å². The minimum absolute atomic E-state index is 0. The molecule has 0 saturated carbocycles. The third-order valence-electron chi connectivity index (χ3n) is 0. The molecule has 0 aliphatic rings. The molecule has 0 aliphatic carbocycles. The summed E-state index contributed by atoms with van der Waals surface area (Å²) in [6.07, 6.45) is -1.83. The minimum atomic E-state index is -1.83. The van der Waals surface area contributed by atoms with E-state index in [1.54, 1.807) is 0 Å². The summed E-state index contributed by atoms with van der Waals surface area (Å²) in [5.41, 5.74) is 0. The van der Waals surface area contributed by atoms with E-state index in [2.05, 4.69) is 0 Å². The van der Waals surface area contributed by atoms with Crippen LogP contribution in [0.5, 0.6) is 0 Å². The molecule has 0 aliphatic heterocycles. The van der Waals surface area contributed by atoms with Gasteiger partial charge in [-0.2, -0.15) is 0 Å². The fourth-order valence-corrected chi connectivity index (χ4v) is 0. The fourth-order valence-electron chi connectivity index (χ4n) is 0. The molecule has 0 rings (SSSR count). The Balaban J connectivity index is -0.0000000450. The van der Waals surface area contributed by atoms with Crippen molar-refractivity contribution in [2.45, 2.75) is 0 Å². The topological polar surface area (TPSA) is 57.5 Å². The van der Waals surface area contributed by atoms with Crippen molar-refractivity contribution in [3.63, 3.8) is 0 Å². The molecule has 0 bridgehead atoms. The summed E-state index contributed by atoms with van der Waals surface area (Å²) in [6, 6.07) is 0. The number of hydrogen-bond donors (Lipinski definition) is 2. The van der Waals surface area contributed by atoms with E-state index < -0.39 is 6.16 Å². The Bertz CT molecular complexity index is 33.8. The third-order valence-corrected chi connectivity index (χ3v) is 0. The maximum Gasteiger partial charge on any atom is 0.503 e. The predicted molar refractivity (Wildman–Crippen MR) is 16.4 cm³/mol. The molecule has 0 amide bonds. The van der Waals surface area contributed by atoms with Crippen molar-refractivity contribution in [2.24, 2.45) is 0 Å². The summed E-state index contributed by atoms with van der Waals surface area (Å²) in [5, 5.41) is 13.9. The zero-order valence-electron chi connectivity index (χ0n) is 3.18. The van der Waals surface area contributed by atoms with Gasteiger partial charge in [-0.15, -0.1) is 0 Å². The first kappa shape index (κ1) is 16.2. The van der Waals surface area contributed by atoms with Gasteiger partial charge in [0.15, 0.2) is 0 Å². The monoisotopic (exact) mass is 124 g/mol. The van der Waals surface area contributed by atoms with Crippen LogP contribution in [0.2, 0.25) is 0 Å². The molecule has 0 aromatic carbocycles. The molecule has 3 nitrogen and oxygen atoms in total. The van der Waals surface area contributed by atoms with Crippen LogP contribution in [0.4, 0.5) is 4.79 Å². The van der Waals surface area contributed by atoms with Crippen molar-refractivity contribution in [1.82, 2.24) is 0 Å². The van der Waals surface area contributed by atoms with Crippen molar-refractivity contribution < 1.29 is 32.1 Å². The fraction of sp³-hybridized carbons (Fsp3) is 0. The molecule has 0 aromatic rings. The van der Waals surface area contributed by atoms with E-state index in [-0.39, 0.29) is 35.9 Å². The largest absolute Gasteiger partial charge is 0.503 e. The molecule has 0 aromatic heterocycles. The Morgan fingerprint density at radius 1 is 1.33 bits per heavy atom. The van der Waals surface area contributed by atoms with E-state index in [0.717, 1.165) is 0 Å². The molecule has 0 atom stereocenters. The van der Waals surface area contributed by atoms with Gasteiger partial charge in [-0.25, -0.2) is 4.79 Å². The molecule has 32 valence electrons. The average Bonchev–Trinajstić information content (AvgIpc) is 0.811. The number of rotatable bonds is 0. The molecular formula is CH2LiMnO3. The van der Waals surface area contributed by atoms with Crippen molar-refractivity contribution in [3.05, 3.63) is 0 Å². The molecule has 6 heavy (non-hydrogen) atoms. The smallest absolute Gasteiger partial charge is 0.450 e. The normalized spacial score (nSPS) is 4.00. The van der Waals surface area contributed by atoms with E-state index in [9.17, 15) is 0 Å². The maximum absolute atomic E-state index is 8.56. The number of hydrogen-bond acceptors (Lipinski definition) is 1. The average molecular weight is 124 g/mol. The van der Waals surface area contributed by atoms with Crippen LogP contribution >= 0.6 is 0 Å². The summed E-state index contributed by atoms with van der Waals surface area (Å²) in [4.78, 5) is 8.56. The van der Waals surface area contributed by atoms with Gasteiger partial charge >= 0.3 is 6.16 Å². The summed E-state index contributed by atoms with van der Waals surface area (Å²) in [7, 11) is 0. The maximum atomic E-state index is 8.56. The van der Waals surface area contributed by atoms with Crippen LogP contribution < -0.4 is 0 Å². The van der Waals surface area contributed by atoms with Crippen LogP contribution in [-0.4, -0.2) is 35.2 Å². The van der Waals surface area contributed by atoms with Crippen molar-refractivity contribution in [3.8, 4) is 0 Å².